The van der Waals surface area contributed by atoms with Gasteiger partial charge in [-0.1, -0.05) is 44.9 Å². The molecule has 6 aromatic carbocycles. The lowest BCUT2D eigenvalue weighted by molar-refractivity contribution is -0.135. The van der Waals surface area contributed by atoms with Gasteiger partial charge >= 0.3 is 11.9 Å². The van der Waals surface area contributed by atoms with Crippen molar-refractivity contribution in [3.8, 4) is 57.5 Å². The third kappa shape index (κ3) is 8.45. The number of unbranched alkanes of at least 4 members (excludes halogenated alkanes) is 8. The van der Waals surface area contributed by atoms with Crippen LogP contribution >= 0.6 is 0 Å². The maximum absolute atomic E-state index is 12.9. The first-order chi connectivity index (χ1) is 27.6. The summed E-state index contributed by atoms with van der Waals surface area (Å²) in [5.41, 5.74) is 0. The van der Waals surface area contributed by atoms with Crippen LogP contribution in [0.2, 0.25) is 0 Å². The van der Waals surface area contributed by atoms with Crippen LogP contribution in [-0.4, -0.2) is 60.8 Å². The van der Waals surface area contributed by atoms with Gasteiger partial charge in [-0.3, -0.25) is 9.59 Å². The SMILES string of the molecule is COc1ccc2c(O)c3c(OC(=O)CCCCCCCCCCCC(=O)Oc4c(OC)ccc5c(O)c6cc(OC)ccc6c(O)c45)c(OC)ccc3c(O)c2c1. The number of hydrogen-bond donors (Lipinski definition) is 4. The Kier molecular flexibility index (Phi) is 12.8. The zero-order valence-corrected chi connectivity index (χ0v) is 32.6. The Bertz CT molecular complexity index is 2270. The zero-order valence-electron chi connectivity index (χ0n) is 32.6. The van der Waals surface area contributed by atoms with Gasteiger partial charge in [0.1, 0.15) is 34.5 Å². The number of methoxy groups -OCH3 is 4. The molecule has 12 heteroatoms. The summed E-state index contributed by atoms with van der Waals surface area (Å²) in [5, 5.41) is 47.2. The average Bonchev–Trinajstić information content (AvgIpc) is 3.23. The molecule has 6 aromatic rings. The molecule has 0 saturated carbocycles. The Morgan fingerprint density at radius 2 is 0.772 bits per heavy atom. The first-order valence-electron chi connectivity index (χ1n) is 19.1. The molecule has 0 unspecified atom stereocenters. The van der Waals surface area contributed by atoms with Crippen LogP contribution in [0.5, 0.6) is 57.5 Å². The van der Waals surface area contributed by atoms with Crippen LogP contribution in [0, 0.1) is 0 Å². The Labute approximate surface area is 330 Å². The van der Waals surface area contributed by atoms with Crippen molar-refractivity contribution in [1.29, 1.82) is 0 Å². The van der Waals surface area contributed by atoms with E-state index in [4.69, 9.17) is 28.4 Å². The fourth-order valence-electron chi connectivity index (χ4n) is 7.29. The molecule has 0 atom stereocenters. The minimum absolute atomic E-state index is 0.0575. The average molecular weight is 781 g/mol. The van der Waals surface area contributed by atoms with Crippen molar-refractivity contribution in [2.75, 3.05) is 28.4 Å². The second-order valence-corrected chi connectivity index (χ2v) is 13.9. The van der Waals surface area contributed by atoms with Crippen molar-refractivity contribution in [3.05, 3.63) is 60.7 Å². The second-order valence-electron chi connectivity index (χ2n) is 13.9. The maximum atomic E-state index is 12.9. The van der Waals surface area contributed by atoms with Crippen molar-refractivity contribution >= 4 is 55.0 Å². The van der Waals surface area contributed by atoms with Crippen LogP contribution in [-0.2, 0) is 9.59 Å². The van der Waals surface area contributed by atoms with Crippen molar-refractivity contribution in [2.45, 2.75) is 70.6 Å². The molecule has 6 rings (SSSR count). The smallest absolute Gasteiger partial charge is 0.311 e. The first-order valence-corrected chi connectivity index (χ1v) is 19.1. The molecule has 4 N–H and O–H groups in total. The van der Waals surface area contributed by atoms with E-state index in [-0.39, 0.29) is 69.6 Å². The van der Waals surface area contributed by atoms with E-state index in [0.717, 1.165) is 44.9 Å². The molecule has 0 saturated heterocycles. The Morgan fingerprint density at radius 3 is 1.12 bits per heavy atom. The molecule has 0 aromatic heterocycles. The van der Waals surface area contributed by atoms with Crippen LogP contribution in [0.1, 0.15) is 70.6 Å². The molecule has 0 aliphatic heterocycles. The molecule has 0 heterocycles. The van der Waals surface area contributed by atoms with E-state index in [1.54, 1.807) is 60.7 Å². The van der Waals surface area contributed by atoms with E-state index in [2.05, 4.69) is 0 Å². The van der Waals surface area contributed by atoms with Crippen LogP contribution < -0.4 is 28.4 Å². The van der Waals surface area contributed by atoms with Gasteiger partial charge in [0.15, 0.2) is 23.0 Å². The third-order valence-corrected chi connectivity index (χ3v) is 10.3. The molecule has 0 radical (unpaired) electrons. The molecular weight excluding hydrogens is 732 g/mol. The molecule has 0 bridgehead atoms. The van der Waals surface area contributed by atoms with E-state index in [1.165, 1.54) is 28.4 Å². The van der Waals surface area contributed by atoms with E-state index in [0.29, 0.717) is 56.7 Å². The summed E-state index contributed by atoms with van der Waals surface area (Å²) < 4.78 is 32.9. The summed E-state index contributed by atoms with van der Waals surface area (Å²) in [7, 11) is 5.93. The predicted octanol–water partition coefficient (Wildman–Crippen LogP) is 9.96. The normalized spacial score (nSPS) is 11.3. The summed E-state index contributed by atoms with van der Waals surface area (Å²) >= 11 is 0. The molecule has 0 aliphatic rings. The summed E-state index contributed by atoms with van der Waals surface area (Å²) in [4.78, 5) is 25.9. The van der Waals surface area contributed by atoms with E-state index in [1.807, 2.05) is 0 Å². The lowest BCUT2D eigenvalue weighted by Gasteiger charge is -2.16. The van der Waals surface area contributed by atoms with Gasteiger partial charge < -0.3 is 48.8 Å². The van der Waals surface area contributed by atoms with Crippen LogP contribution in [0.15, 0.2) is 60.7 Å². The van der Waals surface area contributed by atoms with E-state index < -0.39 is 11.9 Å². The standard InChI is InChI=1S/C45H48O12/c1-52-26-16-18-28-32(24-26)40(48)30-20-22-34(54-3)44(38(30)42(28)50)56-36(46)14-12-10-8-6-5-7-9-11-13-15-37(47)57-45-35(55-4)23-21-31-39(45)43(51)29-19-17-27(53-2)25-33(29)41(31)49/h16-25,48-51H,5-15H2,1-4H3. The molecule has 0 aliphatic carbocycles. The lowest BCUT2D eigenvalue weighted by Crippen LogP contribution is -2.09. The van der Waals surface area contributed by atoms with Crippen LogP contribution in [0.3, 0.4) is 0 Å². The minimum Gasteiger partial charge on any atom is -0.507 e. The van der Waals surface area contributed by atoms with Gasteiger partial charge in [-0.2, -0.15) is 0 Å². The highest BCUT2D eigenvalue weighted by Gasteiger charge is 2.24. The molecule has 0 fully saturated rings. The van der Waals surface area contributed by atoms with Crippen molar-refractivity contribution in [1.82, 2.24) is 0 Å². The second kappa shape index (κ2) is 18.1. The highest BCUT2D eigenvalue weighted by Crippen LogP contribution is 2.51. The van der Waals surface area contributed by atoms with Crippen molar-refractivity contribution < 1.29 is 58.4 Å². The number of benzene rings is 6. The highest BCUT2D eigenvalue weighted by atomic mass is 16.6. The number of esters is 2. The molecular formula is C45H48O12. The van der Waals surface area contributed by atoms with Gasteiger partial charge in [-0.05, 0) is 73.5 Å². The fraction of sp³-hybridized carbons (Fsp3) is 0.333. The number of fused-ring (bicyclic) bond motifs is 4. The van der Waals surface area contributed by atoms with Crippen LogP contribution in [0.4, 0.5) is 0 Å². The topological polar surface area (TPSA) is 170 Å². The quantitative estimate of drug-likeness (QED) is 0.0214. The zero-order chi connectivity index (χ0) is 40.6. The largest absolute Gasteiger partial charge is 0.507 e. The Hall–Kier alpha value is -6.30. The van der Waals surface area contributed by atoms with Gasteiger partial charge in [0, 0.05) is 45.2 Å². The number of carbonyl (C=O) groups excluding carboxylic acids is 2. The van der Waals surface area contributed by atoms with E-state index >= 15 is 0 Å². The van der Waals surface area contributed by atoms with Crippen molar-refractivity contribution in [2.24, 2.45) is 0 Å². The Morgan fingerprint density at radius 1 is 0.421 bits per heavy atom. The fourth-order valence-corrected chi connectivity index (χ4v) is 7.29. The molecule has 0 spiro atoms. The number of rotatable bonds is 18. The number of phenolic OH excluding ortho intramolecular Hbond substituents is 4. The number of hydrogen-bond acceptors (Lipinski definition) is 12. The number of phenols is 4. The molecule has 57 heavy (non-hydrogen) atoms. The summed E-state index contributed by atoms with van der Waals surface area (Å²) in [5.74, 6) is 0.347. The van der Waals surface area contributed by atoms with Crippen LogP contribution in [0.25, 0.3) is 43.1 Å². The highest BCUT2D eigenvalue weighted by molar-refractivity contribution is 6.15. The first kappa shape index (κ1) is 40.4. The number of aromatic hydroxyl groups is 4. The molecule has 0 amide bonds. The predicted molar refractivity (Wildman–Crippen MR) is 218 cm³/mol. The summed E-state index contributed by atoms with van der Waals surface area (Å²) in [6.45, 7) is 0. The van der Waals surface area contributed by atoms with Gasteiger partial charge in [0.05, 0.1) is 39.2 Å². The maximum Gasteiger partial charge on any atom is 0.311 e. The Balaban J connectivity index is 0.929. The monoisotopic (exact) mass is 780 g/mol. The van der Waals surface area contributed by atoms with Crippen molar-refractivity contribution in [3.63, 3.8) is 0 Å². The molecule has 12 nitrogen and oxygen atoms in total. The summed E-state index contributed by atoms with van der Waals surface area (Å²) in [6.07, 6.45) is 8.31. The third-order valence-electron chi connectivity index (χ3n) is 10.3. The van der Waals surface area contributed by atoms with Gasteiger partial charge in [0.25, 0.3) is 0 Å². The number of ether oxygens (including phenoxy) is 6. The summed E-state index contributed by atoms with van der Waals surface area (Å²) in [6, 6.07) is 16.3. The van der Waals surface area contributed by atoms with Gasteiger partial charge in [-0.25, -0.2) is 0 Å². The van der Waals surface area contributed by atoms with Gasteiger partial charge in [-0.15, -0.1) is 0 Å². The minimum atomic E-state index is -0.462. The van der Waals surface area contributed by atoms with E-state index in [9.17, 15) is 30.0 Å². The molecule has 300 valence electrons. The number of carbonyl (C=O) groups is 2. The van der Waals surface area contributed by atoms with Gasteiger partial charge in [0.2, 0.25) is 0 Å². The lowest BCUT2D eigenvalue weighted by atomic mass is 9.99.